The van der Waals surface area contributed by atoms with Gasteiger partial charge in [0.15, 0.2) is 5.75 Å². The van der Waals surface area contributed by atoms with Crippen LogP contribution in [0.4, 0.5) is 0 Å². The summed E-state index contributed by atoms with van der Waals surface area (Å²) in [7, 11) is 0. The van der Waals surface area contributed by atoms with Crippen LogP contribution in [0.3, 0.4) is 0 Å². The van der Waals surface area contributed by atoms with E-state index in [0.29, 0.717) is 19.4 Å². The van der Waals surface area contributed by atoms with E-state index in [2.05, 4.69) is 6.92 Å². The number of hydrogen-bond donors (Lipinski definition) is 1. The van der Waals surface area contributed by atoms with Crippen LogP contribution in [0, 0.1) is 0 Å². The quantitative estimate of drug-likeness (QED) is 0.629. The van der Waals surface area contributed by atoms with Gasteiger partial charge in [-0.05, 0) is 31.4 Å². The summed E-state index contributed by atoms with van der Waals surface area (Å²) in [5, 5.41) is 9.59. The van der Waals surface area contributed by atoms with E-state index in [0.717, 1.165) is 12.8 Å². The third kappa shape index (κ3) is 4.60. The molecular weight excluding hydrogens is 294 g/mol. The van der Waals surface area contributed by atoms with Crippen LogP contribution < -0.4 is 10.3 Å². The molecule has 1 aromatic rings. The van der Waals surface area contributed by atoms with Gasteiger partial charge in [-0.25, -0.2) is 4.79 Å². The molecule has 0 unspecified atom stereocenters. The van der Waals surface area contributed by atoms with E-state index in [1.54, 1.807) is 26.0 Å². The Morgan fingerprint density at radius 1 is 1.17 bits per heavy atom. The van der Waals surface area contributed by atoms with Crippen LogP contribution >= 0.6 is 0 Å². The van der Waals surface area contributed by atoms with Crippen molar-refractivity contribution in [2.45, 2.75) is 71.3 Å². The lowest BCUT2D eigenvalue weighted by atomic mass is 9.92. The van der Waals surface area contributed by atoms with Crippen molar-refractivity contribution in [3.05, 3.63) is 28.7 Å². The first kappa shape index (κ1) is 19.3. The van der Waals surface area contributed by atoms with Crippen molar-refractivity contribution in [2.24, 2.45) is 0 Å². The van der Waals surface area contributed by atoms with Gasteiger partial charge in [-0.2, -0.15) is 0 Å². The number of aromatic nitrogens is 1. The molecule has 0 aliphatic rings. The molecule has 5 nitrogen and oxygen atoms in total. The Kier molecular flexibility index (Phi) is 7.86. The number of rotatable bonds is 11. The molecule has 23 heavy (non-hydrogen) atoms. The van der Waals surface area contributed by atoms with E-state index >= 15 is 0 Å². The molecule has 0 aliphatic carbocycles. The van der Waals surface area contributed by atoms with Crippen LogP contribution in [0.1, 0.15) is 65.7 Å². The Labute approximate surface area is 138 Å². The van der Waals surface area contributed by atoms with Crippen molar-refractivity contribution < 1.29 is 14.6 Å². The largest absolute Gasteiger partial charge is 0.488 e. The monoisotopic (exact) mass is 323 g/mol. The van der Waals surface area contributed by atoms with Crippen molar-refractivity contribution in [2.75, 3.05) is 6.61 Å². The number of nitrogens with zero attached hydrogens (tertiary/aromatic N) is 1. The second kappa shape index (κ2) is 9.38. The average molecular weight is 323 g/mol. The molecule has 5 heteroatoms. The van der Waals surface area contributed by atoms with Gasteiger partial charge in [-0.15, -0.1) is 0 Å². The van der Waals surface area contributed by atoms with Gasteiger partial charge < -0.3 is 9.84 Å². The molecule has 130 valence electrons. The second-order valence-electron chi connectivity index (χ2n) is 5.85. The zero-order valence-corrected chi connectivity index (χ0v) is 14.5. The number of carboxylic acid groups (broad SMARTS) is 1. The highest BCUT2D eigenvalue weighted by Gasteiger charge is 2.38. The average Bonchev–Trinajstić information content (AvgIpc) is 2.54. The third-order valence-electron chi connectivity index (χ3n) is 4.45. The van der Waals surface area contributed by atoms with Crippen molar-refractivity contribution in [3.63, 3.8) is 0 Å². The molecule has 0 atom stereocenters. The Morgan fingerprint density at radius 2 is 1.83 bits per heavy atom. The van der Waals surface area contributed by atoms with Crippen LogP contribution in [-0.2, 0) is 10.3 Å². The highest BCUT2D eigenvalue weighted by Crippen LogP contribution is 2.24. The van der Waals surface area contributed by atoms with E-state index in [-0.39, 0.29) is 11.3 Å². The van der Waals surface area contributed by atoms with Crippen LogP contribution in [-0.4, -0.2) is 22.2 Å². The number of ether oxygens (including phenoxy) is 1. The summed E-state index contributed by atoms with van der Waals surface area (Å²) in [4.78, 5) is 24.3. The van der Waals surface area contributed by atoms with Gasteiger partial charge in [0.05, 0.1) is 6.61 Å². The van der Waals surface area contributed by atoms with Crippen molar-refractivity contribution in [3.8, 4) is 5.75 Å². The van der Waals surface area contributed by atoms with Gasteiger partial charge in [0.25, 0.3) is 5.56 Å². The number of aliphatic carboxylic acids is 1. The summed E-state index contributed by atoms with van der Waals surface area (Å²) >= 11 is 0. The predicted octanol–water partition coefficient (Wildman–Crippen LogP) is 3.80. The minimum Gasteiger partial charge on any atom is -0.488 e. The van der Waals surface area contributed by atoms with E-state index in [1.807, 2.05) is 0 Å². The second-order valence-corrected chi connectivity index (χ2v) is 5.85. The van der Waals surface area contributed by atoms with Crippen molar-refractivity contribution >= 4 is 5.97 Å². The van der Waals surface area contributed by atoms with Gasteiger partial charge in [-0.3, -0.25) is 9.36 Å². The molecule has 0 aliphatic heterocycles. The van der Waals surface area contributed by atoms with Gasteiger partial charge in [0.2, 0.25) is 0 Å². The van der Waals surface area contributed by atoms with Crippen LogP contribution in [0.2, 0.25) is 0 Å². The van der Waals surface area contributed by atoms with Gasteiger partial charge >= 0.3 is 5.97 Å². The maximum atomic E-state index is 12.6. The maximum Gasteiger partial charge on any atom is 0.329 e. The molecule has 0 spiro atoms. The highest BCUT2D eigenvalue weighted by atomic mass is 16.5. The SMILES string of the molecule is CCCCCCCOc1cccn(C(CC)(CC)C(=O)O)c1=O. The predicted molar refractivity (Wildman–Crippen MR) is 91.1 cm³/mol. The molecule has 0 saturated carbocycles. The highest BCUT2D eigenvalue weighted by molar-refractivity contribution is 5.76. The van der Waals surface area contributed by atoms with E-state index in [4.69, 9.17) is 4.74 Å². The molecule has 0 saturated heterocycles. The molecule has 0 fully saturated rings. The lowest BCUT2D eigenvalue weighted by Gasteiger charge is -2.29. The van der Waals surface area contributed by atoms with Crippen molar-refractivity contribution in [1.29, 1.82) is 0 Å². The fraction of sp³-hybridized carbons (Fsp3) is 0.667. The van der Waals surface area contributed by atoms with E-state index in [1.165, 1.54) is 30.0 Å². The Morgan fingerprint density at radius 3 is 2.39 bits per heavy atom. The van der Waals surface area contributed by atoms with E-state index < -0.39 is 11.5 Å². The summed E-state index contributed by atoms with van der Waals surface area (Å²) < 4.78 is 6.90. The summed E-state index contributed by atoms with van der Waals surface area (Å²) in [5.41, 5.74) is -1.58. The normalized spacial score (nSPS) is 11.4. The lowest BCUT2D eigenvalue weighted by Crippen LogP contribution is -2.46. The molecule has 1 N–H and O–H groups in total. The molecule has 0 bridgehead atoms. The summed E-state index contributed by atoms with van der Waals surface area (Å²) in [5.74, 6) is -0.753. The first-order valence-corrected chi connectivity index (χ1v) is 8.61. The van der Waals surface area contributed by atoms with Crippen LogP contribution in [0.15, 0.2) is 23.1 Å². The van der Waals surface area contributed by atoms with Gasteiger partial charge in [0.1, 0.15) is 5.54 Å². The minimum atomic E-state index is -1.21. The first-order chi connectivity index (χ1) is 11.0. The number of pyridine rings is 1. The smallest absolute Gasteiger partial charge is 0.329 e. The molecule has 0 radical (unpaired) electrons. The van der Waals surface area contributed by atoms with E-state index in [9.17, 15) is 14.7 Å². The molecule has 0 aromatic carbocycles. The minimum absolute atomic E-state index is 0.232. The Balaban J connectivity index is 2.86. The third-order valence-corrected chi connectivity index (χ3v) is 4.45. The summed E-state index contributed by atoms with van der Waals surface area (Å²) in [6.45, 7) is 6.22. The fourth-order valence-electron chi connectivity index (χ4n) is 2.81. The Hall–Kier alpha value is -1.78. The molecule has 0 amide bonds. The number of unbranched alkanes of at least 4 members (excludes halogenated alkanes) is 4. The van der Waals surface area contributed by atoms with Gasteiger partial charge in [0, 0.05) is 6.20 Å². The van der Waals surface area contributed by atoms with Gasteiger partial charge in [-0.1, -0.05) is 46.5 Å². The van der Waals surface area contributed by atoms with Crippen LogP contribution in [0.5, 0.6) is 5.75 Å². The number of carboxylic acids is 1. The zero-order chi connectivity index (χ0) is 17.3. The van der Waals surface area contributed by atoms with Crippen LogP contribution in [0.25, 0.3) is 0 Å². The zero-order valence-electron chi connectivity index (χ0n) is 14.5. The first-order valence-electron chi connectivity index (χ1n) is 8.61. The van der Waals surface area contributed by atoms with Crippen molar-refractivity contribution in [1.82, 2.24) is 4.57 Å². The standard InChI is InChI=1S/C18H29NO4/c1-4-7-8-9-10-14-23-15-12-11-13-19(16(15)20)18(5-2,6-3)17(21)22/h11-13H,4-10,14H2,1-3H3,(H,21,22). The molecule has 1 aromatic heterocycles. The molecular formula is C18H29NO4. The summed E-state index contributed by atoms with van der Waals surface area (Å²) in [6.07, 6.45) is 7.79. The number of hydrogen-bond acceptors (Lipinski definition) is 3. The fourth-order valence-corrected chi connectivity index (χ4v) is 2.81. The Bertz CT molecular complexity index is 546. The lowest BCUT2D eigenvalue weighted by molar-refractivity contribution is -0.148. The molecule has 1 rings (SSSR count). The number of carbonyl (C=O) groups is 1. The summed E-state index contributed by atoms with van der Waals surface area (Å²) in [6, 6.07) is 3.29. The maximum absolute atomic E-state index is 12.6. The molecule has 1 heterocycles. The topological polar surface area (TPSA) is 68.5 Å².